The first-order valence-corrected chi connectivity index (χ1v) is 7.99. The van der Waals surface area contributed by atoms with Crippen molar-refractivity contribution in [3.63, 3.8) is 0 Å². The van der Waals surface area contributed by atoms with E-state index in [4.69, 9.17) is 0 Å². The lowest BCUT2D eigenvalue weighted by atomic mass is 9.77. The van der Waals surface area contributed by atoms with Gasteiger partial charge in [-0.15, -0.1) is 0 Å². The number of piperazine rings is 1. The molecule has 0 bridgehead atoms. The van der Waals surface area contributed by atoms with Crippen LogP contribution in [0.3, 0.4) is 0 Å². The summed E-state index contributed by atoms with van der Waals surface area (Å²) in [5.41, 5.74) is 0.495. The highest BCUT2D eigenvalue weighted by atomic mass is 16.2. The average molecular weight is 279 g/mol. The number of carbonyl (C=O) groups is 2. The van der Waals surface area contributed by atoms with Crippen LogP contribution in [0.15, 0.2) is 0 Å². The number of amides is 2. The molecule has 20 heavy (non-hydrogen) atoms. The van der Waals surface area contributed by atoms with E-state index in [1.165, 1.54) is 25.7 Å². The molecule has 0 radical (unpaired) electrons. The van der Waals surface area contributed by atoms with Crippen LogP contribution in [0.1, 0.15) is 38.5 Å². The van der Waals surface area contributed by atoms with Gasteiger partial charge in [0.15, 0.2) is 0 Å². The first-order chi connectivity index (χ1) is 9.70. The van der Waals surface area contributed by atoms with E-state index >= 15 is 0 Å². The number of piperidine rings is 1. The van der Waals surface area contributed by atoms with Crippen molar-refractivity contribution in [1.82, 2.24) is 15.1 Å². The van der Waals surface area contributed by atoms with E-state index < -0.39 is 0 Å². The van der Waals surface area contributed by atoms with Gasteiger partial charge in [-0.2, -0.15) is 0 Å². The molecule has 2 aliphatic heterocycles. The van der Waals surface area contributed by atoms with Crippen molar-refractivity contribution < 1.29 is 9.59 Å². The van der Waals surface area contributed by atoms with Gasteiger partial charge in [0.25, 0.3) is 0 Å². The molecule has 1 spiro atoms. The van der Waals surface area contributed by atoms with Gasteiger partial charge in [0.1, 0.15) is 0 Å². The minimum atomic E-state index is -0.297. The van der Waals surface area contributed by atoms with E-state index in [2.05, 4.69) is 5.32 Å². The maximum Gasteiger partial charge on any atom is 0.312 e. The minimum Gasteiger partial charge on any atom is -0.334 e. The van der Waals surface area contributed by atoms with Gasteiger partial charge >= 0.3 is 11.8 Å². The highest BCUT2D eigenvalue weighted by Crippen LogP contribution is 2.46. The summed E-state index contributed by atoms with van der Waals surface area (Å²) in [6.45, 7) is 4.45. The number of nitrogens with one attached hydrogen (secondary N) is 1. The maximum atomic E-state index is 12.3. The van der Waals surface area contributed by atoms with E-state index in [0.29, 0.717) is 18.5 Å². The van der Waals surface area contributed by atoms with Gasteiger partial charge in [-0.1, -0.05) is 12.8 Å². The van der Waals surface area contributed by atoms with Crippen molar-refractivity contribution in [2.45, 2.75) is 38.5 Å². The molecule has 5 nitrogen and oxygen atoms in total. The molecule has 1 saturated carbocycles. The molecule has 0 aromatic carbocycles. The monoisotopic (exact) mass is 279 g/mol. The second-order valence-corrected chi connectivity index (χ2v) is 6.54. The smallest absolute Gasteiger partial charge is 0.312 e. The molecule has 0 aromatic rings. The zero-order valence-corrected chi connectivity index (χ0v) is 12.2. The molecule has 0 unspecified atom stereocenters. The van der Waals surface area contributed by atoms with Crippen LogP contribution in [0, 0.1) is 5.41 Å². The zero-order valence-electron chi connectivity index (χ0n) is 12.2. The third-order valence-corrected chi connectivity index (χ3v) is 5.36. The topological polar surface area (TPSA) is 52.7 Å². The van der Waals surface area contributed by atoms with E-state index in [9.17, 15) is 9.59 Å². The molecule has 3 aliphatic rings. The van der Waals surface area contributed by atoms with Crippen molar-refractivity contribution in [1.29, 1.82) is 0 Å². The molecule has 1 aliphatic carbocycles. The summed E-state index contributed by atoms with van der Waals surface area (Å²) in [5.74, 6) is -0.575. The molecule has 0 atom stereocenters. The SMILES string of the molecule is O=C(C(=O)N1CCC2(CCCC2)CC1)N1CCNCC1. The van der Waals surface area contributed by atoms with Gasteiger partial charge in [-0.3, -0.25) is 9.59 Å². The number of carbonyl (C=O) groups excluding carboxylic acids is 2. The van der Waals surface area contributed by atoms with Crippen molar-refractivity contribution in [2.75, 3.05) is 39.3 Å². The molecule has 2 saturated heterocycles. The summed E-state index contributed by atoms with van der Waals surface area (Å²) in [7, 11) is 0. The number of rotatable bonds is 0. The van der Waals surface area contributed by atoms with Crippen LogP contribution >= 0.6 is 0 Å². The van der Waals surface area contributed by atoms with Crippen LogP contribution in [0.4, 0.5) is 0 Å². The number of hydrogen-bond acceptors (Lipinski definition) is 3. The van der Waals surface area contributed by atoms with E-state index in [1.54, 1.807) is 9.80 Å². The third-order valence-electron chi connectivity index (χ3n) is 5.36. The van der Waals surface area contributed by atoms with Gasteiger partial charge in [-0.25, -0.2) is 0 Å². The molecule has 2 heterocycles. The average Bonchev–Trinajstić information content (AvgIpc) is 2.96. The number of likely N-dealkylation sites (tertiary alicyclic amines) is 1. The summed E-state index contributed by atoms with van der Waals surface area (Å²) in [5, 5.41) is 3.20. The minimum absolute atomic E-state index is 0.278. The molecule has 3 fully saturated rings. The quantitative estimate of drug-likeness (QED) is 0.661. The third kappa shape index (κ3) is 2.68. The van der Waals surface area contributed by atoms with Gasteiger partial charge < -0.3 is 15.1 Å². The Morgan fingerprint density at radius 3 is 1.80 bits per heavy atom. The maximum absolute atomic E-state index is 12.3. The van der Waals surface area contributed by atoms with E-state index in [1.807, 2.05) is 0 Å². The zero-order chi connectivity index (χ0) is 14.0. The van der Waals surface area contributed by atoms with Crippen molar-refractivity contribution >= 4 is 11.8 Å². The first kappa shape index (κ1) is 13.9. The van der Waals surface area contributed by atoms with E-state index in [-0.39, 0.29) is 11.8 Å². The Hall–Kier alpha value is -1.10. The van der Waals surface area contributed by atoms with Gasteiger partial charge in [-0.05, 0) is 31.1 Å². The summed E-state index contributed by atoms with van der Waals surface area (Å²) >= 11 is 0. The van der Waals surface area contributed by atoms with Crippen LogP contribution in [0.2, 0.25) is 0 Å². The molecular weight excluding hydrogens is 254 g/mol. The number of nitrogens with zero attached hydrogens (tertiary/aromatic N) is 2. The molecule has 112 valence electrons. The lowest BCUT2D eigenvalue weighted by Crippen LogP contribution is -2.53. The Labute approximate surface area is 120 Å². The predicted octanol–water partition coefficient (Wildman–Crippen LogP) is 0.601. The molecular formula is C15H25N3O2. The second kappa shape index (κ2) is 5.72. The fraction of sp³-hybridized carbons (Fsp3) is 0.867. The van der Waals surface area contributed by atoms with Gasteiger partial charge in [0.2, 0.25) is 0 Å². The van der Waals surface area contributed by atoms with Crippen LogP contribution < -0.4 is 5.32 Å². The largest absolute Gasteiger partial charge is 0.334 e. The Bertz CT molecular complexity index is 375. The Morgan fingerprint density at radius 2 is 1.25 bits per heavy atom. The molecule has 1 N–H and O–H groups in total. The molecule has 2 amide bonds. The van der Waals surface area contributed by atoms with Crippen LogP contribution in [0.5, 0.6) is 0 Å². The first-order valence-electron chi connectivity index (χ1n) is 7.99. The highest BCUT2D eigenvalue weighted by molar-refractivity contribution is 6.34. The molecule has 3 rings (SSSR count). The Morgan fingerprint density at radius 1 is 0.750 bits per heavy atom. The Kier molecular flexibility index (Phi) is 3.96. The van der Waals surface area contributed by atoms with Crippen molar-refractivity contribution in [3.05, 3.63) is 0 Å². The van der Waals surface area contributed by atoms with E-state index in [0.717, 1.165) is 39.0 Å². The lowest BCUT2D eigenvalue weighted by molar-refractivity contribution is -0.153. The molecule has 5 heteroatoms. The van der Waals surface area contributed by atoms with Crippen molar-refractivity contribution in [2.24, 2.45) is 5.41 Å². The summed E-state index contributed by atoms with van der Waals surface area (Å²) in [6.07, 6.45) is 7.50. The second-order valence-electron chi connectivity index (χ2n) is 6.54. The summed E-state index contributed by atoms with van der Waals surface area (Å²) < 4.78 is 0. The van der Waals surface area contributed by atoms with Crippen LogP contribution in [-0.4, -0.2) is 60.9 Å². The van der Waals surface area contributed by atoms with Gasteiger partial charge in [0.05, 0.1) is 0 Å². The highest BCUT2D eigenvalue weighted by Gasteiger charge is 2.39. The predicted molar refractivity (Wildman–Crippen MR) is 76.2 cm³/mol. The summed E-state index contributed by atoms with van der Waals surface area (Å²) in [4.78, 5) is 28.0. The standard InChI is InChI=1S/C15H25N3O2/c19-13(14(20)18-11-7-16-8-12-18)17-9-5-15(6-10-17)3-1-2-4-15/h16H,1-12H2. The molecule has 0 aromatic heterocycles. The lowest BCUT2D eigenvalue weighted by Gasteiger charge is -2.39. The Balaban J connectivity index is 1.54. The fourth-order valence-electron chi connectivity index (χ4n) is 3.95. The van der Waals surface area contributed by atoms with Gasteiger partial charge in [0, 0.05) is 39.3 Å². The van der Waals surface area contributed by atoms with Crippen LogP contribution in [0.25, 0.3) is 0 Å². The number of hydrogen-bond donors (Lipinski definition) is 1. The van der Waals surface area contributed by atoms with Crippen LogP contribution in [-0.2, 0) is 9.59 Å². The van der Waals surface area contributed by atoms with Crippen molar-refractivity contribution in [3.8, 4) is 0 Å². The fourth-order valence-corrected chi connectivity index (χ4v) is 3.95. The normalized spacial score (nSPS) is 26.0. The summed E-state index contributed by atoms with van der Waals surface area (Å²) in [6, 6.07) is 0.